The fourth-order valence-corrected chi connectivity index (χ4v) is 2.79. The summed E-state index contributed by atoms with van der Waals surface area (Å²) in [6.07, 6.45) is -0.760. The zero-order chi connectivity index (χ0) is 16.9. The molecular formula is C14H19BrN2O4S. The highest BCUT2D eigenvalue weighted by Gasteiger charge is 2.24. The van der Waals surface area contributed by atoms with E-state index in [0.29, 0.717) is 5.69 Å². The maximum atomic E-state index is 11.7. The quantitative estimate of drug-likeness (QED) is 0.527. The summed E-state index contributed by atoms with van der Waals surface area (Å²) < 4.78 is 5.90. The number of carboxylic acids is 1. The number of aliphatic carboxylic acids is 1. The van der Waals surface area contributed by atoms with Gasteiger partial charge in [-0.2, -0.15) is 0 Å². The van der Waals surface area contributed by atoms with Gasteiger partial charge in [0.25, 0.3) is 0 Å². The molecule has 0 saturated heterocycles. The number of hydrogen-bond donors (Lipinski definition) is 3. The summed E-state index contributed by atoms with van der Waals surface area (Å²) in [4.78, 5) is 23.6. The standard InChI is InChI=1S/C14H19BrN2O4S/c1-14(2,3)21-13(20)17-10(12(18)19)7-22-11-5-4-8(15)6-9(11)16/h4-6,10H,7,16H2,1-3H3,(H,17,20)(H,18,19)/t10-/m0/s1. The maximum absolute atomic E-state index is 11.7. The minimum atomic E-state index is -1.13. The molecule has 0 aliphatic rings. The van der Waals surface area contributed by atoms with E-state index < -0.39 is 23.7 Å². The Labute approximate surface area is 141 Å². The van der Waals surface area contributed by atoms with Crippen molar-refractivity contribution < 1.29 is 19.4 Å². The number of carbonyl (C=O) groups is 2. The van der Waals surface area contributed by atoms with E-state index in [4.69, 9.17) is 10.5 Å². The van der Waals surface area contributed by atoms with Gasteiger partial charge in [-0.05, 0) is 39.0 Å². The number of carbonyl (C=O) groups excluding carboxylic acids is 1. The van der Waals surface area contributed by atoms with Gasteiger partial charge in [0.1, 0.15) is 11.6 Å². The Bertz CT molecular complexity index is 560. The number of alkyl carbamates (subject to hydrolysis) is 1. The number of ether oxygens (including phenoxy) is 1. The summed E-state index contributed by atoms with van der Waals surface area (Å²) in [7, 11) is 0. The maximum Gasteiger partial charge on any atom is 0.408 e. The molecule has 0 radical (unpaired) electrons. The van der Waals surface area contributed by atoms with Gasteiger partial charge >= 0.3 is 12.1 Å². The molecule has 0 heterocycles. The second kappa shape index (κ2) is 7.73. The van der Waals surface area contributed by atoms with E-state index in [0.717, 1.165) is 9.37 Å². The first-order valence-electron chi connectivity index (χ1n) is 6.48. The highest BCUT2D eigenvalue weighted by atomic mass is 79.9. The van der Waals surface area contributed by atoms with Crippen molar-refractivity contribution in [3.8, 4) is 0 Å². The minimum Gasteiger partial charge on any atom is -0.480 e. The van der Waals surface area contributed by atoms with Crippen molar-refractivity contribution in [3.05, 3.63) is 22.7 Å². The van der Waals surface area contributed by atoms with Gasteiger partial charge in [0.15, 0.2) is 0 Å². The second-order valence-corrected chi connectivity index (χ2v) is 7.51. The molecule has 8 heteroatoms. The first kappa shape index (κ1) is 18.6. The number of halogens is 1. The van der Waals surface area contributed by atoms with Gasteiger partial charge in [-0.3, -0.25) is 0 Å². The fraction of sp³-hybridized carbons (Fsp3) is 0.429. The van der Waals surface area contributed by atoms with Crippen LogP contribution in [0.2, 0.25) is 0 Å². The highest BCUT2D eigenvalue weighted by Crippen LogP contribution is 2.28. The number of hydrogen-bond acceptors (Lipinski definition) is 5. The first-order chi connectivity index (χ1) is 10.1. The van der Waals surface area contributed by atoms with Gasteiger partial charge in [0.05, 0.1) is 0 Å². The SMILES string of the molecule is CC(C)(C)OC(=O)N[C@@H](CSc1ccc(Br)cc1N)C(=O)O. The van der Waals surface area contributed by atoms with E-state index in [9.17, 15) is 14.7 Å². The topological polar surface area (TPSA) is 102 Å². The summed E-state index contributed by atoms with van der Waals surface area (Å²) in [5.74, 6) is -0.991. The van der Waals surface area contributed by atoms with Crippen LogP contribution in [0.25, 0.3) is 0 Å². The number of nitrogens with one attached hydrogen (secondary N) is 1. The van der Waals surface area contributed by atoms with Crippen LogP contribution < -0.4 is 11.1 Å². The molecule has 0 saturated carbocycles. The molecule has 1 atom stereocenters. The number of anilines is 1. The zero-order valence-electron chi connectivity index (χ0n) is 12.6. The van der Waals surface area contributed by atoms with Crippen LogP contribution in [0.1, 0.15) is 20.8 Å². The van der Waals surface area contributed by atoms with Crippen LogP contribution >= 0.6 is 27.7 Å². The number of amides is 1. The van der Waals surface area contributed by atoms with Gasteiger partial charge in [-0.1, -0.05) is 15.9 Å². The minimum absolute atomic E-state index is 0.139. The summed E-state index contributed by atoms with van der Waals surface area (Å²) >= 11 is 4.56. The van der Waals surface area contributed by atoms with Gasteiger partial charge in [-0.15, -0.1) is 11.8 Å². The Morgan fingerprint density at radius 2 is 2.09 bits per heavy atom. The van der Waals surface area contributed by atoms with Crippen molar-refractivity contribution in [3.63, 3.8) is 0 Å². The molecule has 0 aromatic heterocycles. The Balaban J connectivity index is 2.65. The lowest BCUT2D eigenvalue weighted by atomic mass is 10.2. The average Bonchev–Trinajstić information content (AvgIpc) is 2.33. The number of rotatable bonds is 5. The fourth-order valence-electron chi connectivity index (χ4n) is 1.45. The summed E-state index contributed by atoms with van der Waals surface area (Å²) in [6.45, 7) is 5.12. The first-order valence-corrected chi connectivity index (χ1v) is 8.26. The van der Waals surface area contributed by atoms with E-state index in [-0.39, 0.29) is 5.75 Å². The summed E-state index contributed by atoms with van der Waals surface area (Å²) in [5, 5.41) is 11.5. The molecule has 0 aliphatic carbocycles. The lowest BCUT2D eigenvalue weighted by Gasteiger charge is -2.22. The molecule has 0 bridgehead atoms. The molecule has 0 fully saturated rings. The van der Waals surface area contributed by atoms with E-state index in [1.54, 1.807) is 32.9 Å². The van der Waals surface area contributed by atoms with Crippen molar-refractivity contribution in [1.29, 1.82) is 0 Å². The number of benzene rings is 1. The largest absolute Gasteiger partial charge is 0.480 e. The number of carboxylic acid groups (broad SMARTS) is 1. The Kier molecular flexibility index (Phi) is 6.55. The zero-order valence-corrected chi connectivity index (χ0v) is 15.0. The molecule has 0 spiro atoms. The molecular weight excluding hydrogens is 372 g/mol. The van der Waals surface area contributed by atoms with Crippen LogP contribution in [-0.4, -0.2) is 34.6 Å². The summed E-state index contributed by atoms with van der Waals surface area (Å²) in [5.41, 5.74) is 5.72. The van der Waals surface area contributed by atoms with E-state index in [2.05, 4.69) is 21.2 Å². The molecule has 122 valence electrons. The normalized spacial score (nSPS) is 12.5. The highest BCUT2D eigenvalue weighted by molar-refractivity contribution is 9.10. The predicted octanol–water partition coefficient (Wildman–Crippen LogP) is 3.10. The van der Waals surface area contributed by atoms with Crippen molar-refractivity contribution in [2.24, 2.45) is 0 Å². The van der Waals surface area contributed by atoms with E-state index in [1.165, 1.54) is 11.8 Å². The molecule has 1 aromatic carbocycles. The third-order valence-electron chi connectivity index (χ3n) is 2.37. The van der Waals surface area contributed by atoms with Crippen LogP contribution in [0.5, 0.6) is 0 Å². The molecule has 0 unspecified atom stereocenters. The van der Waals surface area contributed by atoms with Gasteiger partial charge in [-0.25, -0.2) is 9.59 Å². The third-order valence-corrected chi connectivity index (χ3v) is 4.04. The van der Waals surface area contributed by atoms with Crippen LogP contribution in [-0.2, 0) is 9.53 Å². The summed E-state index contributed by atoms with van der Waals surface area (Å²) in [6, 6.07) is 4.27. The predicted molar refractivity (Wildman–Crippen MR) is 90.1 cm³/mol. The lowest BCUT2D eigenvalue weighted by Crippen LogP contribution is -2.44. The van der Waals surface area contributed by atoms with Crippen molar-refractivity contribution in [2.75, 3.05) is 11.5 Å². The molecule has 0 aliphatic heterocycles. The molecule has 4 N–H and O–H groups in total. The van der Waals surface area contributed by atoms with Crippen molar-refractivity contribution >= 4 is 45.4 Å². The third kappa shape index (κ3) is 6.57. The molecule has 1 rings (SSSR count). The van der Waals surface area contributed by atoms with Crippen LogP contribution in [0.15, 0.2) is 27.6 Å². The second-order valence-electron chi connectivity index (χ2n) is 5.53. The molecule has 6 nitrogen and oxygen atoms in total. The van der Waals surface area contributed by atoms with Crippen LogP contribution in [0, 0.1) is 0 Å². The van der Waals surface area contributed by atoms with Gasteiger partial charge in [0, 0.05) is 20.8 Å². The van der Waals surface area contributed by atoms with Crippen LogP contribution in [0.3, 0.4) is 0 Å². The Morgan fingerprint density at radius 1 is 1.45 bits per heavy atom. The van der Waals surface area contributed by atoms with Crippen molar-refractivity contribution in [2.45, 2.75) is 37.3 Å². The van der Waals surface area contributed by atoms with Crippen molar-refractivity contribution in [1.82, 2.24) is 5.32 Å². The number of nitrogens with two attached hydrogens (primary N) is 1. The van der Waals surface area contributed by atoms with E-state index >= 15 is 0 Å². The Morgan fingerprint density at radius 3 is 2.59 bits per heavy atom. The van der Waals surface area contributed by atoms with Gasteiger partial charge in [0.2, 0.25) is 0 Å². The number of thioether (sulfide) groups is 1. The van der Waals surface area contributed by atoms with Gasteiger partial charge < -0.3 is 20.9 Å². The Hall–Kier alpha value is -1.41. The average molecular weight is 391 g/mol. The molecule has 1 amide bonds. The lowest BCUT2D eigenvalue weighted by molar-refractivity contribution is -0.138. The number of nitrogen functional groups attached to an aromatic ring is 1. The smallest absolute Gasteiger partial charge is 0.408 e. The molecule has 1 aromatic rings. The van der Waals surface area contributed by atoms with Crippen LogP contribution in [0.4, 0.5) is 10.5 Å². The molecule has 22 heavy (non-hydrogen) atoms. The monoisotopic (exact) mass is 390 g/mol. The van der Waals surface area contributed by atoms with E-state index in [1.807, 2.05) is 6.07 Å².